The first-order valence-corrected chi connectivity index (χ1v) is 11.6. The average Bonchev–Trinajstić information content (AvgIpc) is 3.19. The Balaban J connectivity index is 1.61. The third-order valence-corrected chi connectivity index (χ3v) is 6.49. The van der Waals surface area contributed by atoms with E-state index in [1.54, 1.807) is 12.1 Å². The van der Waals surface area contributed by atoms with Crippen molar-refractivity contribution in [2.45, 2.75) is 37.7 Å². The van der Waals surface area contributed by atoms with Crippen LogP contribution in [0.3, 0.4) is 0 Å². The zero-order valence-corrected chi connectivity index (χ0v) is 19.6. The van der Waals surface area contributed by atoms with Gasteiger partial charge in [-0.1, -0.05) is 60.3 Å². The van der Waals surface area contributed by atoms with Crippen molar-refractivity contribution < 1.29 is 9.90 Å². The number of benzene rings is 3. The molecule has 4 rings (SSSR count). The van der Waals surface area contributed by atoms with Gasteiger partial charge in [0.1, 0.15) is 5.75 Å². The molecule has 168 valence electrons. The highest BCUT2D eigenvalue weighted by atomic mass is 32.2. The second-order valence-electron chi connectivity index (χ2n) is 7.94. The van der Waals surface area contributed by atoms with Crippen molar-refractivity contribution in [3.63, 3.8) is 0 Å². The van der Waals surface area contributed by atoms with Crippen LogP contribution in [0, 0.1) is 13.8 Å². The Morgan fingerprint density at radius 3 is 2.30 bits per heavy atom. The van der Waals surface area contributed by atoms with E-state index in [-0.39, 0.29) is 16.9 Å². The molecule has 0 saturated carbocycles. The lowest BCUT2D eigenvalue weighted by Gasteiger charge is -2.16. The molecule has 1 atom stereocenters. The van der Waals surface area contributed by atoms with E-state index in [9.17, 15) is 9.90 Å². The lowest BCUT2D eigenvalue weighted by atomic mass is 10.1. The van der Waals surface area contributed by atoms with Crippen molar-refractivity contribution in [3.8, 4) is 17.1 Å². The third kappa shape index (κ3) is 5.26. The largest absolute Gasteiger partial charge is 0.508 e. The Morgan fingerprint density at radius 2 is 1.64 bits per heavy atom. The number of phenolic OH excluding ortho intramolecular Hbond substituents is 1. The Hall–Kier alpha value is -3.58. The molecular weight excluding hydrogens is 432 g/mol. The Morgan fingerprint density at radius 1 is 0.970 bits per heavy atom. The average molecular weight is 459 g/mol. The molecule has 0 bridgehead atoms. The summed E-state index contributed by atoms with van der Waals surface area (Å²) >= 11 is 1.38. The van der Waals surface area contributed by atoms with Crippen LogP contribution in [0.2, 0.25) is 0 Å². The fourth-order valence-corrected chi connectivity index (χ4v) is 4.40. The van der Waals surface area contributed by atoms with E-state index in [2.05, 4.69) is 15.5 Å². The molecule has 0 aliphatic rings. The van der Waals surface area contributed by atoms with Crippen LogP contribution >= 0.6 is 11.8 Å². The van der Waals surface area contributed by atoms with Crippen LogP contribution in [0.25, 0.3) is 11.4 Å². The number of carbonyl (C=O) groups excluding carboxylic acids is 1. The van der Waals surface area contributed by atoms with Crippen molar-refractivity contribution in [3.05, 3.63) is 89.5 Å². The van der Waals surface area contributed by atoms with Crippen molar-refractivity contribution in [1.29, 1.82) is 0 Å². The molecular formula is C26H26N4O2S. The lowest BCUT2D eigenvalue weighted by molar-refractivity contribution is -0.115. The van der Waals surface area contributed by atoms with E-state index in [0.717, 1.165) is 27.9 Å². The van der Waals surface area contributed by atoms with E-state index >= 15 is 0 Å². The number of rotatable bonds is 7. The van der Waals surface area contributed by atoms with E-state index in [1.807, 2.05) is 86.0 Å². The van der Waals surface area contributed by atoms with Gasteiger partial charge in [-0.15, -0.1) is 10.2 Å². The monoisotopic (exact) mass is 458 g/mol. The fraction of sp³-hybridized carbons (Fsp3) is 0.192. The van der Waals surface area contributed by atoms with Crippen molar-refractivity contribution in [2.75, 3.05) is 5.32 Å². The minimum absolute atomic E-state index is 0.0853. The number of hydrogen-bond acceptors (Lipinski definition) is 5. The van der Waals surface area contributed by atoms with Gasteiger partial charge in [0.05, 0.1) is 11.8 Å². The lowest BCUT2D eigenvalue weighted by Crippen LogP contribution is -2.24. The summed E-state index contributed by atoms with van der Waals surface area (Å²) in [6, 6.07) is 22.9. The first-order valence-electron chi connectivity index (χ1n) is 10.7. The summed E-state index contributed by atoms with van der Waals surface area (Å²) in [7, 11) is 0. The highest BCUT2D eigenvalue weighted by Gasteiger charge is 2.22. The van der Waals surface area contributed by atoms with Gasteiger partial charge in [0.2, 0.25) is 5.91 Å². The number of anilines is 1. The van der Waals surface area contributed by atoms with Crippen molar-refractivity contribution in [1.82, 2.24) is 14.8 Å². The molecule has 0 radical (unpaired) electrons. The summed E-state index contributed by atoms with van der Waals surface area (Å²) in [6.45, 7) is 6.41. The maximum absolute atomic E-state index is 13.0. The predicted octanol–water partition coefficient (Wildman–Crippen LogP) is 5.44. The highest BCUT2D eigenvalue weighted by molar-refractivity contribution is 8.00. The number of thioether (sulfide) groups is 1. The summed E-state index contributed by atoms with van der Waals surface area (Å²) < 4.78 is 2.01. The summed E-state index contributed by atoms with van der Waals surface area (Å²) in [5, 5.41) is 21.8. The minimum Gasteiger partial charge on any atom is -0.508 e. The van der Waals surface area contributed by atoms with Gasteiger partial charge in [-0.2, -0.15) is 0 Å². The molecule has 0 spiro atoms. The number of carbonyl (C=O) groups is 1. The molecule has 4 aromatic rings. The second-order valence-corrected chi connectivity index (χ2v) is 9.25. The standard InChI is InChI=1S/C26H26N4O2S/c1-17-8-7-9-18(2)23(17)27-25(32)19(3)33-26-29-28-24(21-12-14-22(31)15-13-21)30(26)16-20-10-5-4-6-11-20/h4-15,19,31H,16H2,1-3H3,(H,27,32). The zero-order valence-electron chi connectivity index (χ0n) is 18.8. The summed E-state index contributed by atoms with van der Waals surface area (Å²) in [4.78, 5) is 13.0. The van der Waals surface area contributed by atoms with Crippen LogP contribution in [0.5, 0.6) is 5.75 Å². The van der Waals surface area contributed by atoms with Crippen molar-refractivity contribution in [2.24, 2.45) is 0 Å². The molecule has 0 aliphatic heterocycles. The van der Waals surface area contributed by atoms with Gasteiger partial charge in [-0.25, -0.2) is 0 Å². The van der Waals surface area contributed by atoms with Crippen molar-refractivity contribution >= 4 is 23.4 Å². The van der Waals surface area contributed by atoms with Gasteiger partial charge in [0, 0.05) is 11.3 Å². The number of phenols is 1. The molecule has 1 amide bonds. The quantitative estimate of drug-likeness (QED) is 0.361. The van der Waals surface area contributed by atoms with Gasteiger partial charge in [-0.3, -0.25) is 9.36 Å². The molecule has 2 N–H and O–H groups in total. The van der Waals surface area contributed by atoms with Gasteiger partial charge >= 0.3 is 0 Å². The molecule has 0 aliphatic carbocycles. The maximum Gasteiger partial charge on any atom is 0.237 e. The van der Waals surface area contributed by atoms with Gasteiger partial charge in [-0.05, 0) is 61.7 Å². The van der Waals surface area contributed by atoms with E-state index < -0.39 is 0 Å². The number of aromatic hydroxyl groups is 1. The number of nitrogens with one attached hydrogen (secondary N) is 1. The highest BCUT2D eigenvalue weighted by Crippen LogP contribution is 2.29. The summed E-state index contributed by atoms with van der Waals surface area (Å²) in [5.41, 5.74) is 4.86. The molecule has 0 saturated heterocycles. The Labute approximate surface area is 197 Å². The molecule has 7 heteroatoms. The number of hydrogen-bond donors (Lipinski definition) is 2. The Kier molecular flexibility index (Phi) is 6.79. The molecule has 1 heterocycles. The molecule has 6 nitrogen and oxygen atoms in total. The molecule has 1 aromatic heterocycles. The molecule has 33 heavy (non-hydrogen) atoms. The number of amides is 1. The van der Waals surface area contributed by atoms with Crippen LogP contribution in [0.15, 0.2) is 78.0 Å². The zero-order chi connectivity index (χ0) is 23.4. The summed E-state index contributed by atoms with van der Waals surface area (Å²) in [5.74, 6) is 0.792. The van der Waals surface area contributed by atoms with Crippen LogP contribution in [0.1, 0.15) is 23.6 Å². The van der Waals surface area contributed by atoms with Gasteiger partial charge < -0.3 is 10.4 Å². The van der Waals surface area contributed by atoms with Gasteiger partial charge in [0.25, 0.3) is 0 Å². The van der Waals surface area contributed by atoms with Gasteiger partial charge in [0.15, 0.2) is 11.0 Å². The molecule has 1 unspecified atom stereocenters. The number of aromatic nitrogens is 3. The molecule has 0 fully saturated rings. The van der Waals surface area contributed by atoms with E-state index in [4.69, 9.17) is 0 Å². The molecule has 3 aromatic carbocycles. The van der Waals surface area contributed by atoms with Crippen LogP contribution < -0.4 is 5.32 Å². The topological polar surface area (TPSA) is 80.0 Å². The van der Waals surface area contributed by atoms with Crippen LogP contribution in [-0.4, -0.2) is 31.0 Å². The minimum atomic E-state index is -0.379. The summed E-state index contributed by atoms with van der Waals surface area (Å²) in [6.07, 6.45) is 0. The predicted molar refractivity (Wildman–Crippen MR) is 133 cm³/mol. The number of para-hydroxylation sites is 1. The number of nitrogens with zero attached hydrogens (tertiary/aromatic N) is 3. The normalized spacial score (nSPS) is 11.8. The first kappa shape index (κ1) is 22.6. The second kappa shape index (κ2) is 9.92. The van der Waals surface area contributed by atoms with E-state index in [1.165, 1.54) is 11.8 Å². The number of aryl methyl sites for hydroxylation is 2. The van der Waals surface area contributed by atoms with Crippen LogP contribution in [0.4, 0.5) is 5.69 Å². The van der Waals surface area contributed by atoms with Crippen LogP contribution in [-0.2, 0) is 11.3 Å². The third-order valence-electron chi connectivity index (χ3n) is 5.41. The SMILES string of the molecule is Cc1cccc(C)c1NC(=O)C(C)Sc1nnc(-c2ccc(O)cc2)n1Cc1ccccc1. The van der Waals surface area contributed by atoms with E-state index in [0.29, 0.717) is 17.5 Å². The fourth-order valence-electron chi connectivity index (χ4n) is 3.56. The Bertz CT molecular complexity index is 1230. The smallest absolute Gasteiger partial charge is 0.237 e. The first-order chi connectivity index (χ1) is 15.9. The maximum atomic E-state index is 13.0.